The lowest BCUT2D eigenvalue weighted by Crippen LogP contribution is -2.57. The summed E-state index contributed by atoms with van der Waals surface area (Å²) in [5, 5.41) is 0. The van der Waals surface area contributed by atoms with Crippen LogP contribution in [0.5, 0.6) is 5.75 Å². The van der Waals surface area contributed by atoms with Crippen molar-refractivity contribution in [1.29, 1.82) is 0 Å². The molecular weight excluding hydrogens is 435 g/mol. The summed E-state index contributed by atoms with van der Waals surface area (Å²) in [4.78, 5) is 23.2. The first kappa shape index (κ1) is 23.4. The number of methoxy groups -OCH3 is 1. The maximum Gasteiger partial charge on any atom is 0.255 e. The van der Waals surface area contributed by atoms with E-state index in [1.54, 1.807) is 43.6 Å². The number of aromatic nitrogens is 2. The SMILES string of the molecule is C/N=C(\C=C\c1ccc(-n2cnc(C)c2)c(OC)c1)N1C(=O)COCC1(C)c1ccc(F)cc1. The molecule has 0 saturated carbocycles. The molecule has 3 aromatic rings. The number of morpholine rings is 1. The van der Waals surface area contributed by atoms with Gasteiger partial charge in [0.25, 0.3) is 5.91 Å². The Balaban J connectivity index is 1.65. The Labute approximate surface area is 198 Å². The number of aryl methyl sites for hydroxylation is 1. The number of amidine groups is 1. The van der Waals surface area contributed by atoms with Crippen molar-refractivity contribution in [3.63, 3.8) is 0 Å². The number of aliphatic imine (C=N–C) groups is 1. The summed E-state index contributed by atoms with van der Waals surface area (Å²) in [6, 6.07) is 11.9. The Morgan fingerprint density at radius 1 is 1.26 bits per heavy atom. The van der Waals surface area contributed by atoms with Gasteiger partial charge in [-0.05, 0) is 55.3 Å². The molecule has 1 aliphatic heterocycles. The molecule has 2 heterocycles. The van der Waals surface area contributed by atoms with E-state index < -0.39 is 5.54 Å². The van der Waals surface area contributed by atoms with Gasteiger partial charge in [-0.1, -0.05) is 24.3 Å². The molecule has 8 heteroatoms. The van der Waals surface area contributed by atoms with Gasteiger partial charge in [-0.15, -0.1) is 0 Å². The molecule has 0 aliphatic carbocycles. The van der Waals surface area contributed by atoms with Crippen LogP contribution in [0.15, 0.2) is 66.1 Å². The van der Waals surface area contributed by atoms with Crippen molar-refractivity contribution in [2.24, 2.45) is 4.99 Å². The molecule has 1 unspecified atom stereocenters. The Kier molecular flexibility index (Phi) is 6.61. The van der Waals surface area contributed by atoms with Crippen LogP contribution < -0.4 is 4.74 Å². The van der Waals surface area contributed by atoms with E-state index in [1.807, 2.05) is 48.9 Å². The third-order valence-corrected chi connectivity index (χ3v) is 5.89. The Bertz CT molecular complexity index is 1250. The second kappa shape index (κ2) is 9.61. The van der Waals surface area contributed by atoms with Crippen molar-refractivity contribution >= 4 is 17.8 Å². The third kappa shape index (κ3) is 4.49. The minimum Gasteiger partial charge on any atom is -0.495 e. The minimum atomic E-state index is -0.830. The van der Waals surface area contributed by atoms with Gasteiger partial charge in [0, 0.05) is 13.2 Å². The van der Waals surface area contributed by atoms with Gasteiger partial charge in [-0.2, -0.15) is 0 Å². The van der Waals surface area contributed by atoms with Crippen molar-refractivity contribution < 1.29 is 18.7 Å². The fourth-order valence-electron chi connectivity index (χ4n) is 4.13. The molecule has 0 spiro atoms. The van der Waals surface area contributed by atoms with E-state index in [-0.39, 0.29) is 24.9 Å². The summed E-state index contributed by atoms with van der Waals surface area (Å²) < 4.78 is 26.6. The Morgan fingerprint density at radius 2 is 2.03 bits per heavy atom. The van der Waals surface area contributed by atoms with Gasteiger partial charge < -0.3 is 14.0 Å². The summed E-state index contributed by atoms with van der Waals surface area (Å²) in [6.07, 6.45) is 7.34. The maximum absolute atomic E-state index is 13.5. The molecule has 1 saturated heterocycles. The van der Waals surface area contributed by atoms with E-state index in [4.69, 9.17) is 9.47 Å². The summed E-state index contributed by atoms with van der Waals surface area (Å²) >= 11 is 0. The van der Waals surface area contributed by atoms with Crippen LogP contribution in [0, 0.1) is 12.7 Å². The number of carbonyl (C=O) groups excluding carboxylic acids is 1. The average molecular weight is 463 g/mol. The molecule has 1 aromatic heterocycles. The molecule has 0 bridgehead atoms. The minimum absolute atomic E-state index is 0.0452. The lowest BCUT2D eigenvalue weighted by molar-refractivity contribution is -0.148. The molecule has 7 nitrogen and oxygen atoms in total. The molecule has 1 fully saturated rings. The second-order valence-corrected chi connectivity index (χ2v) is 8.27. The highest BCUT2D eigenvalue weighted by molar-refractivity contribution is 6.07. The first-order chi connectivity index (χ1) is 16.4. The maximum atomic E-state index is 13.5. The van der Waals surface area contributed by atoms with Crippen LogP contribution in [0.25, 0.3) is 11.8 Å². The molecule has 1 atom stereocenters. The molecule has 0 radical (unpaired) electrons. The van der Waals surface area contributed by atoms with Crippen LogP contribution in [0.3, 0.4) is 0 Å². The molecule has 176 valence electrons. The Morgan fingerprint density at radius 3 is 2.68 bits per heavy atom. The number of rotatable bonds is 5. The van der Waals surface area contributed by atoms with Crippen molar-refractivity contribution in [3.8, 4) is 11.4 Å². The summed E-state index contributed by atoms with van der Waals surface area (Å²) in [5.74, 6) is 0.614. The zero-order chi connectivity index (χ0) is 24.3. The summed E-state index contributed by atoms with van der Waals surface area (Å²) in [5.41, 5.74) is 2.59. The van der Waals surface area contributed by atoms with Crippen molar-refractivity contribution in [2.75, 3.05) is 27.4 Å². The van der Waals surface area contributed by atoms with Crippen LogP contribution in [0.4, 0.5) is 4.39 Å². The van der Waals surface area contributed by atoms with E-state index in [0.29, 0.717) is 11.6 Å². The summed E-state index contributed by atoms with van der Waals surface area (Å²) in [6.45, 7) is 4.04. The topological polar surface area (TPSA) is 69.0 Å². The fourth-order valence-corrected chi connectivity index (χ4v) is 4.13. The van der Waals surface area contributed by atoms with E-state index >= 15 is 0 Å². The van der Waals surface area contributed by atoms with E-state index in [9.17, 15) is 9.18 Å². The zero-order valence-electron chi connectivity index (χ0n) is 19.7. The molecule has 2 aromatic carbocycles. The molecule has 1 aliphatic rings. The Hall–Kier alpha value is -3.78. The number of ether oxygens (including phenoxy) is 2. The van der Waals surface area contributed by atoms with Gasteiger partial charge in [-0.3, -0.25) is 14.7 Å². The fraction of sp³-hybridized carbons (Fsp3) is 0.269. The van der Waals surface area contributed by atoms with Crippen molar-refractivity contribution in [2.45, 2.75) is 19.4 Å². The molecule has 1 amide bonds. The number of halogens is 1. The highest BCUT2D eigenvalue weighted by Crippen LogP contribution is 2.33. The number of carbonyl (C=O) groups is 1. The van der Waals surface area contributed by atoms with Crippen LogP contribution >= 0.6 is 0 Å². The zero-order valence-corrected chi connectivity index (χ0v) is 19.7. The number of hydrogen-bond donors (Lipinski definition) is 0. The number of hydrogen-bond acceptors (Lipinski definition) is 5. The summed E-state index contributed by atoms with van der Waals surface area (Å²) in [7, 11) is 3.26. The number of imidazole rings is 1. The predicted molar refractivity (Wildman–Crippen MR) is 129 cm³/mol. The largest absolute Gasteiger partial charge is 0.495 e. The number of benzene rings is 2. The monoisotopic (exact) mass is 462 g/mol. The van der Waals surface area contributed by atoms with Gasteiger partial charge >= 0.3 is 0 Å². The van der Waals surface area contributed by atoms with Gasteiger partial charge in [0.2, 0.25) is 0 Å². The first-order valence-corrected chi connectivity index (χ1v) is 10.9. The van der Waals surface area contributed by atoms with E-state index in [2.05, 4.69) is 9.98 Å². The highest BCUT2D eigenvalue weighted by atomic mass is 19.1. The molecule has 4 rings (SSSR count). The molecular formula is C26H27FN4O3. The van der Waals surface area contributed by atoms with Gasteiger partial charge in [0.05, 0.1) is 37.0 Å². The third-order valence-electron chi connectivity index (χ3n) is 5.89. The standard InChI is InChI=1S/C26H27FN4O3/c1-18-14-30(17-29-18)22-11-5-19(13-23(22)33-4)6-12-24(28-3)31-25(32)15-34-16-26(31,2)20-7-9-21(27)10-8-20/h5-14,17H,15-16H2,1-4H3/b12-6+,28-24+. The molecule has 34 heavy (non-hydrogen) atoms. The lowest BCUT2D eigenvalue weighted by Gasteiger charge is -2.44. The smallest absolute Gasteiger partial charge is 0.255 e. The second-order valence-electron chi connectivity index (χ2n) is 8.27. The first-order valence-electron chi connectivity index (χ1n) is 10.9. The van der Waals surface area contributed by atoms with Gasteiger partial charge in [0.15, 0.2) is 0 Å². The van der Waals surface area contributed by atoms with E-state index in [1.165, 1.54) is 12.1 Å². The van der Waals surface area contributed by atoms with Crippen LogP contribution in [0.1, 0.15) is 23.7 Å². The van der Waals surface area contributed by atoms with Crippen LogP contribution in [-0.4, -0.2) is 53.6 Å². The molecule has 0 N–H and O–H groups in total. The van der Waals surface area contributed by atoms with Gasteiger partial charge in [0.1, 0.15) is 24.0 Å². The quantitative estimate of drug-likeness (QED) is 0.422. The normalized spacial score (nSPS) is 19.1. The average Bonchev–Trinajstić information content (AvgIpc) is 3.27. The van der Waals surface area contributed by atoms with E-state index in [0.717, 1.165) is 22.5 Å². The van der Waals surface area contributed by atoms with Crippen molar-refractivity contribution in [1.82, 2.24) is 14.5 Å². The lowest BCUT2D eigenvalue weighted by atomic mass is 9.89. The number of nitrogens with zero attached hydrogens (tertiary/aromatic N) is 4. The highest BCUT2D eigenvalue weighted by Gasteiger charge is 2.43. The van der Waals surface area contributed by atoms with Gasteiger partial charge in [-0.25, -0.2) is 9.37 Å². The van der Waals surface area contributed by atoms with Crippen LogP contribution in [-0.2, 0) is 15.1 Å². The predicted octanol–water partition coefficient (Wildman–Crippen LogP) is 4.14. The van der Waals surface area contributed by atoms with Crippen LogP contribution in [0.2, 0.25) is 0 Å². The van der Waals surface area contributed by atoms with Crippen molar-refractivity contribution in [3.05, 3.63) is 83.7 Å². The number of amides is 1.